The maximum atomic E-state index is 5.97. The van der Waals surface area contributed by atoms with Crippen molar-refractivity contribution in [1.29, 1.82) is 0 Å². The number of benzene rings is 2. The number of hydrogen-bond donors (Lipinski definition) is 2. The zero-order valence-corrected chi connectivity index (χ0v) is 15.1. The van der Waals surface area contributed by atoms with Crippen molar-refractivity contribution in [2.75, 3.05) is 33.2 Å². The van der Waals surface area contributed by atoms with Gasteiger partial charge in [0.25, 0.3) is 0 Å². The highest BCUT2D eigenvalue weighted by atomic mass is 16.5. The van der Waals surface area contributed by atoms with Crippen molar-refractivity contribution < 1.29 is 14.2 Å². The molecule has 0 spiro atoms. The van der Waals surface area contributed by atoms with Crippen molar-refractivity contribution >= 4 is 11.6 Å². The number of rotatable bonds is 7. The van der Waals surface area contributed by atoms with Crippen molar-refractivity contribution in [3.8, 4) is 17.2 Å². The minimum absolute atomic E-state index is 0.346. The van der Waals surface area contributed by atoms with Crippen LogP contribution in [0, 0.1) is 6.92 Å². The standard InChI is InChI=1S/C19H25N3O3/c1-13-5-7-16(23-2)14(11-13)9-10-21-19(20)22-15-6-8-17(24-3)18(12-15)25-4/h5-8,11-12H,9-10H2,1-4H3,(H3,20,21,22). The molecule has 2 rings (SSSR count). The molecule has 0 saturated heterocycles. The second kappa shape index (κ2) is 8.82. The van der Waals surface area contributed by atoms with E-state index in [4.69, 9.17) is 19.9 Å². The number of nitrogens with two attached hydrogens (primary N) is 1. The van der Waals surface area contributed by atoms with Crippen molar-refractivity contribution in [3.63, 3.8) is 0 Å². The van der Waals surface area contributed by atoms with Crippen LogP contribution in [-0.2, 0) is 6.42 Å². The summed E-state index contributed by atoms with van der Waals surface area (Å²) in [5.41, 5.74) is 9.06. The summed E-state index contributed by atoms with van der Waals surface area (Å²) in [6.07, 6.45) is 0.749. The Morgan fingerprint density at radius 3 is 2.32 bits per heavy atom. The quantitative estimate of drug-likeness (QED) is 0.597. The van der Waals surface area contributed by atoms with Crippen molar-refractivity contribution in [2.45, 2.75) is 13.3 Å². The first-order chi connectivity index (χ1) is 12.1. The molecule has 2 aromatic rings. The summed E-state index contributed by atoms with van der Waals surface area (Å²) in [5, 5.41) is 3.06. The summed E-state index contributed by atoms with van der Waals surface area (Å²) in [6, 6.07) is 11.6. The SMILES string of the molecule is COc1ccc(C)cc1CCN=C(N)Nc1ccc(OC)c(OC)c1. The van der Waals surface area contributed by atoms with Crippen LogP contribution in [0.1, 0.15) is 11.1 Å². The highest BCUT2D eigenvalue weighted by Crippen LogP contribution is 2.29. The summed E-state index contributed by atoms with van der Waals surface area (Å²) in [5.74, 6) is 2.51. The molecule has 0 radical (unpaired) electrons. The number of aryl methyl sites for hydroxylation is 1. The maximum absolute atomic E-state index is 5.97. The summed E-state index contributed by atoms with van der Waals surface area (Å²) < 4.78 is 15.9. The Hall–Kier alpha value is -2.89. The molecule has 0 unspecified atom stereocenters. The smallest absolute Gasteiger partial charge is 0.193 e. The van der Waals surface area contributed by atoms with Crippen molar-refractivity contribution in [2.24, 2.45) is 10.7 Å². The number of guanidine groups is 1. The lowest BCUT2D eigenvalue weighted by Crippen LogP contribution is -2.23. The van der Waals surface area contributed by atoms with Crippen molar-refractivity contribution in [1.82, 2.24) is 0 Å². The average Bonchev–Trinajstić information content (AvgIpc) is 2.61. The zero-order valence-electron chi connectivity index (χ0n) is 15.1. The Morgan fingerprint density at radius 2 is 1.64 bits per heavy atom. The molecule has 0 bridgehead atoms. The van der Waals surface area contributed by atoms with Crippen LogP contribution in [0.2, 0.25) is 0 Å². The Morgan fingerprint density at radius 1 is 0.960 bits per heavy atom. The van der Waals surface area contributed by atoms with Gasteiger partial charge < -0.3 is 25.3 Å². The predicted molar refractivity (Wildman–Crippen MR) is 101 cm³/mol. The molecule has 0 atom stereocenters. The van der Waals surface area contributed by atoms with E-state index in [9.17, 15) is 0 Å². The minimum Gasteiger partial charge on any atom is -0.496 e. The first kappa shape index (κ1) is 18.4. The highest BCUT2D eigenvalue weighted by Gasteiger charge is 2.06. The van der Waals surface area contributed by atoms with Crippen LogP contribution in [0.4, 0.5) is 5.69 Å². The van der Waals surface area contributed by atoms with E-state index in [2.05, 4.69) is 23.3 Å². The third-order valence-electron chi connectivity index (χ3n) is 3.76. The van der Waals surface area contributed by atoms with Crippen LogP contribution in [0.3, 0.4) is 0 Å². The largest absolute Gasteiger partial charge is 0.496 e. The molecule has 3 N–H and O–H groups in total. The number of aliphatic imine (C=N–C) groups is 1. The van der Waals surface area contributed by atoms with Crippen LogP contribution >= 0.6 is 0 Å². The van der Waals surface area contributed by atoms with Crippen molar-refractivity contribution in [3.05, 3.63) is 47.5 Å². The number of nitrogens with one attached hydrogen (secondary N) is 1. The molecule has 2 aromatic carbocycles. The lowest BCUT2D eigenvalue weighted by atomic mass is 10.1. The van der Waals surface area contributed by atoms with Crippen LogP contribution in [0.25, 0.3) is 0 Å². The fraction of sp³-hybridized carbons (Fsp3) is 0.316. The number of hydrogen-bond acceptors (Lipinski definition) is 4. The Kier molecular flexibility index (Phi) is 6.51. The first-order valence-electron chi connectivity index (χ1n) is 8.00. The number of anilines is 1. The van der Waals surface area contributed by atoms with Gasteiger partial charge in [-0.25, -0.2) is 0 Å². The predicted octanol–water partition coefficient (Wildman–Crippen LogP) is 2.99. The van der Waals surface area contributed by atoms with E-state index in [0.717, 1.165) is 23.4 Å². The number of ether oxygens (including phenoxy) is 3. The molecule has 134 valence electrons. The molecule has 0 aliphatic carbocycles. The number of methoxy groups -OCH3 is 3. The fourth-order valence-electron chi connectivity index (χ4n) is 2.50. The first-order valence-corrected chi connectivity index (χ1v) is 8.00. The second-order valence-corrected chi connectivity index (χ2v) is 5.53. The Labute approximate surface area is 148 Å². The van der Waals surface area contributed by atoms with Crippen LogP contribution in [-0.4, -0.2) is 33.8 Å². The van der Waals surface area contributed by atoms with Gasteiger partial charge >= 0.3 is 0 Å². The lowest BCUT2D eigenvalue weighted by molar-refractivity contribution is 0.355. The van der Waals surface area contributed by atoms with E-state index in [1.165, 1.54) is 5.56 Å². The van der Waals surface area contributed by atoms with E-state index in [-0.39, 0.29) is 0 Å². The molecule has 25 heavy (non-hydrogen) atoms. The van der Waals surface area contributed by atoms with E-state index < -0.39 is 0 Å². The molecule has 0 fully saturated rings. The van der Waals surface area contributed by atoms with Gasteiger partial charge in [-0.3, -0.25) is 4.99 Å². The molecule has 0 heterocycles. The van der Waals surface area contributed by atoms with Gasteiger partial charge in [-0.1, -0.05) is 17.7 Å². The third kappa shape index (κ3) is 5.04. The van der Waals surface area contributed by atoms with Gasteiger partial charge in [0.15, 0.2) is 17.5 Å². The molecule has 0 aliphatic rings. The van der Waals surface area contributed by atoms with E-state index >= 15 is 0 Å². The molecular weight excluding hydrogens is 318 g/mol. The molecule has 0 saturated carbocycles. The minimum atomic E-state index is 0.346. The van der Waals surface area contributed by atoms with Gasteiger partial charge in [0, 0.05) is 18.3 Å². The summed E-state index contributed by atoms with van der Waals surface area (Å²) in [4.78, 5) is 4.37. The monoisotopic (exact) mass is 343 g/mol. The van der Waals surface area contributed by atoms with E-state index in [0.29, 0.717) is 24.0 Å². The van der Waals surface area contributed by atoms with Gasteiger partial charge in [0.2, 0.25) is 0 Å². The fourth-order valence-corrected chi connectivity index (χ4v) is 2.50. The Bertz CT molecular complexity index is 745. The van der Waals surface area contributed by atoms with Crippen LogP contribution < -0.4 is 25.3 Å². The van der Waals surface area contributed by atoms with Gasteiger partial charge in [-0.05, 0) is 37.1 Å². The molecule has 0 aromatic heterocycles. The average molecular weight is 343 g/mol. The topological polar surface area (TPSA) is 78.1 Å². The summed E-state index contributed by atoms with van der Waals surface area (Å²) in [6.45, 7) is 2.62. The molecule has 6 nitrogen and oxygen atoms in total. The molecular formula is C19H25N3O3. The van der Waals surface area contributed by atoms with Gasteiger partial charge in [0.1, 0.15) is 5.75 Å². The summed E-state index contributed by atoms with van der Waals surface area (Å²) >= 11 is 0. The lowest BCUT2D eigenvalue weighted by Gasteiger charge is -2.11. The van der Waals surface area contributed by atoms with Gasteiger partial charge in [-0.15, -0.1) is 0 Å². The van der Waals surface area contributed by atoms with E-state index in [1.807, 2.05) is 30.3 Å². The van der Waals surface area contributed by atoms with Gasteiger partial charge in [0.05, 0.1) is 21.3 Å². The molecule has 0 aliphatic heterocycles. The molecule has 6 heteroatoms. The van der Waals surface area contributed by atoms with Crippen LogP contribution in [0.5, 0.6) is 17.2 Å². The van der Waals surface area contributed by atoms with E-state index in [1.54, 1.807) is 21.3 Å². The van der Waals surface area contributed by atoms with Crippen LogP contribution in [0.15, 0.2) is 41.4 Å². The Balaban J connectivity index is 1.99. The molecule has 0 amide bonds. The van der Waals surface area contributed by atoms with Gasteiger partial charge in [-0.2, -0.15) is 0 Å². The second-order valence-electron chi connectivity index (χ2n) is 5.53. The zero-order chi connectivity index (χ0) is 18.2. The maximum Gasteiger partial charge on any atom is 0.193 e. The number of nitrogens with zero attached hydrogens (tertiary/aromatic N) is 1. The highest BCUT2D eigenvalue weighted by molar-refractivity contribution is 5.92. The summed E-state index contributed by atoms with van der Waals surface area (Å²) in [7, 11) is 4.86. The third-order valence-corrected chi connectivity index (χ3v) is 3.76. The normalized spacial score (nSPS) is 11.1.